The largest absolute Gasteiger partial charge is 0.444 e. The maximum absolute atomic E-state index is 13.6. The summed E-state index contributed by atoms with van der Waals surface area (Å²) >= 11 is 0. The standard InChI is InChI=1S/C26H43N3O5/c1-8-10-11-15-27-23(31)22(21-18(3)13-12-14-19(21)4)29(16-9-2)24(32)20(17-30)28-25(33)34-26(5,6)7/h12-14,20,22,30H,8-11,15-17H2,1-7H3,(H,27,31)(H,28,33). The van der Waals surface area contributed by atoms with Crippen molar-refractivity contribution in [2.24, 2.45) is 0 Å². The number of carbonyl (C=O) groups is 3. The third kappa shape index (κ3) is 8.97. The number of hydrogen-bond donors (Lipinski definition) is 3. The number of rotatable bonds is 12. The quantitative estimate of drug-likeness (QED) is 0.397. The smallest absolute Gasteiger partial charge is 0.408 e. The van der Waals surface area contributed by atoms with Gasteiger partial charge in [0.1, 0.15) is 17.7 Å². The number of ether oxygens (including phenoxy) is 1. The molecule has 0 fully saturated rings. The third-order valence-corrected chi connectivity index (χ3v) is 5.37. The Bertz CT molecular complexity index is 799. The van der Waals surface area contributed by atoms with Crippen LogP contribution in [0.15, 0.2) is 18.2 Å². The van der Waals surface area contributed by atoms with E-state index in [1.165, 1.54) is 4.90 Å². The van der Waals surface area contributed by atoms with E-state index in [0.29, 0.717) is 13.0 Å². The molecule has 8 nitrogen and oxygen atoms in total. The summed E-state index contributed by atoms with van der Waals surface area (Å²) in [5, 5.41) is 15.4. The average Bonchev–Trinajstić information content (AvgIpc) is 2.74. The van der Waals surface area contributed by atoms with Gasteiger partial charge in [0, 0.05) is 13.1 Å². The summed E-state index contributed by atoms with van der Waals surface area (Å²) in [4.78, 5) is 40.8. The van der Waals surface area contributed by atoms with E-state index in [0.717, 1.165) is 36.0 Å². The highest BCUT2D eigenvalue weighted by atomic mass is 16.6. The molecule has 2 unspecified atom stereocenters. The molecule has 2 atom stereocenters. The number of nitrogens with one attached hydrogen (secondary N) is 2. The first kappa shape index (κ1) is 29.4. The van der Waals surface area contributed by atoms with Crippen LogP contribution in [0, 0.1) is 13.8 Å². The van der Waals surface area contributed by atoms with Crippen molar-refractivity contribution in [3.05, 3.63) is 34.9 Å². The molecular weight excluding hydrogens is 434 g/mol. The van der Waals surface area contributed by atoms with Gasteiger partial charge in [0.2, 0.25) is 11.8 Å². The minimum Gasteiger partial charge on any atom is -0.444 e. The highest BCUT2D eigenvalue weighted by Crippen LogP contribution is 2.28. The van der Waals surface area contributed by atoms with Gasteiger partial charge in [0.25, 0.3) is 0 Å². The minimum absolute atomic E-state index is 0.274. The lowest BCUT2D eigenvalue weighted by atomic mass is 9.93. The number of aliphatic hydroxyl groups is 1. The number of alkyl carbamates (subject to hydrolysis) is 1. The molecule has 0 spiro atoms. The molecule has 3 amide bonds. The molecule has 34 heavy (non-hydrogen) atoms. The van der Waals surface area contributed by atoms with Gasteiger partial charge in [-0.05, 0) is 64.2 Å². The van der Waals surface area contributed by atoms with Crippen LogP contribution < -0.4 is 10.6 Å². The van der Waals surface area contributed by atoms with Crippen LogP contribution in [0.5, 0.6) is 0 Å². The van der Waals surface area contributed by atoms with Gasteiger partial charge in [-0.25, -0.2) is 4.79 Å². The number of nitrogens with zero attached hydrogens (tertiary/aromatic N) is 1. The van der Waals surface area contributed by atoms with Crippen LogP contribution in [0.4, 0.5) is 4.79 Å². The van der Waals surface area contributed by atoms with E-state index >= 15 is 0 Å². The van der Waals surface area contributed by atoms with Crippen molar-refractivity contribution < 1.29 is 24.2 Å². The van der Waals surface area contributed by atoms with Crippen molar-refractivity contribution in [1.82, 2.24) is 15.5 Å². The molecule has 0 heterocycles. The molecule has 0 saturated heterocycles. The van der Waals surface area contributed by atoms with E-state index in [9.17, 15) is 19.5 Å². The molecule has 1 rings (SSSR count). The van der Waals surface area contributed by atoms with Gasteiger partial charge in [-0.15, -0.1) is 0 Å². The summed E-state index contributed by atoms with van der Waals surface area (Å²) in [5.41, 5.74) is 1.79. The van der Waals surface area contributed by atoms with Crippen molar-refractivity contribution in [3.8, 4) is 0 Å². The molecule has 0 aliphatic rings. The second kappa shape index (κ2) is 13.9. The Morgan fingerprint density at radius 2 is 1.68 bits per heavy atom. The number of benzene rings is 1. The number of aliphatic hydroxyl groups excluding tert-OH is 1. The van der Waals surface area contributed by atoms with Crippen LogP contribution in [0.2, 0.25) is 0 Å². The number of amides is 3. The van der Waals surface area contributed by atoms with Crippen LogP contribution in [0.1, 0.15) is 83.0 Å². The second-order valence-corrected chi connectivity index (χ2v) is 9.62. The molecule has 0 radical (unpaired) electrons. The lowest BCUT2D eigenvalue weighted by Crippen LogP contribution is -2.54. The minimum atomic E-state index is -1.24. The predicted octanol–water partition coefficient (Wildman–Crippen LogP) is 3.78. The number of unbranched alkanes of at least 4 members (excludes halogenated alkanes) is 2. The number of carbonyl (C=O) groups excluding carboxylic acids is 3. The fourth-order valence-electron chi connectivity index (χ4n) is 3.81. The summed E-state index contributed by atoms with van der Waals surface area (Å²) in [5.74, 6) is -0.809. The first-order valence-corrected chi connectivity index (χ1v) is 12.2. The summed E-state index contributed by atoms with van der Waals surface area (Å²) in [6.45, 7) is 13.2. The highest BCUT2D eigenvalue weighted by molar-refractivity contribution is 5.92. The van der Waals surface area contributed by atoms with Crippen LogP contribution in [-0.2, 0) is 14.3 Å². The molecule has 8 heteroatoms. The maximum Gasteiger partial charge on any atom is 0.408 e. The van der Waals surface area contributed by atoms with Crippen molar-refractivity contribution in [3.63, 3.8) is 0 Å². The zero-order valence-corrected chi connectivity index (χ0v) is 21.9. The topological polar surface area (TPSA) is 108 Å². The Morgan fingerprint density at radius 1 is 1.06 bits per heavy atom. The van der Waals surface area contributed by atoms with E-state index in [4.69, 9.17) is 4.74 Å². The molecule has 0 aliphatic heterocycles. The molecule has 0 bridgehead atoms. The molecule has 3 N–H and O–H groups in total. The second-order valence-electron chi connectivity index (χ2n) is 9.62. The van der Waals surface area contributed by atoms with Crippen LogP contribution in [-0.4, -0.2) is 59.3 Å². The van der Waals surface area contributed by atoms with Gasteiger partial charge < -0.3 is 25.4 Å². The van der Waals surface area contributed by atoms with E-state index < -0.39 is 36.3 Å². The van der Waals surface area contributed by atoms with E-state index in [2.05, 4.69) is 17.6 Å². The first-order chi connectivity index (χ1) is 16.0. The lowest BCUT2D eigenvalue weighted by Gasteiger charge is -2.35. The van der Waals surface area contributed by atoms with Gasteiger partial charge in [-0.1, -0.05) is 44.9 Å². The van der Waals surface area contributed by atoms with Crippen molar-refractivity contribution >= 4 is 17.9 Å². The van der Waals surface area contributed by atoms with Gasteiger partial charge >= 0.3 is 6.09 Å². The summed E-state index contributed by atoms with van der Waals surface area (Å²) < 4.78 is 5.26. The van der Waals surface area contributed by atoms with Gasteiger partial charge in [0.05, 0.1) is 6.61 Å². The van der Waals surface area contributed by atoms with E-state index in [1.807, 2.05) is 39.0 Å². The average molecular weight is 478 g/mol. The molecule has 0 saturated carbocycles. The Kier molecular flexibility index (Phi) is 12.1. The predicted molar refractivity (Wildman–Crippen MR) is 133 cm³/mol. The Morgan fingerprint density at radius 3 is 2.18 bits per heavy atom. The first-order valence-electron chi connectivity index (χ1n) is 12.2. The Hall–Kier alpha value is -2.61. The highest BCUT2D eigenvalue weighted by Gasteiger charge is 2.36. The third-order valence-electron chi connectivity index (χ3n) is 5.37. The molecule has 192 valence electrons. The zero-order chi connectivity index (χ0) is 25.9. The Balaban J connectivity index is 3.35. The maximum atomic E-state index is 13.6. The van der Waals surface area contributed by atoms with Crippen molar-refractivity contribution in [2.45, 2.75) is 91.8 Å². The monoisotopic (exact) mass is 477 g/mol. The van der Waals surface area contributed by atoms with Crippen LogP contribution in [0.25, 0.3) is 0 Å². The fourth-order valence-corrected chi connectivity index (χ4v) is 3.81. The van der Waals surface area contributed by atoms with Crippen molar-refractivity contribution in [2.75, 3.05) is 19.7 Å². The SMILES string of the molecule is CCCCCNC(=O)C(c1c(C)cccc1C)N(CCC)C(=O)C(CO)NC(=O)OC(C)(C)C. The molecule has 1 aromatic carbocycles. The zero-order valence-electron chi connectivity index (χ0n) is 21.9. The molecule has 0 aromatic heterocycles. The molecule has 0 aliphatic carbocycles. The van der Waals surface area contributed by atoms with Crippen LogP contribution >= 0.6 is 0 Å². The van der Waals surface area contributed by atoms with E-state index in [-0.39, 0.29) is 12.5 Å². The lowest BCUT2D eigenvalue weighted by molar-refractivity contribution is -0.143. The van der Waals surface area contributed by atoms with E-state index in [1.54, 1.807) is 20.8 Å². The van der Waals surface area contributed by atoms with Crippen molar-refractivity contribution in [1.29, 1.82) is 0 Å². The number of aryl methyl sites for hydroxylation is 2. The summed E-state index contributed by atoms with van der Waals surface area (Å²) in [7, 11) is 0. The fraction of sp³-hybridized carbons (Fsp3) is 0.654. The molecule has 1 aromatic rings. The normalized spacial score (nSPS) is 13.1. The Labute approximate surface area is 204 Å². The molecular formula is C26H43N3O5. The summed E-state index contributed by atoms with van der Waals surface area (Å²) in [6, 6.07) is 3.62. The van der Waals surface area contributed by atoms with Crippen LogP contribution in [0.3, 0.4) is 0 Å². The summed E-state index contributed by atoms with van der Waals surface area (Å²) in [6.07, 6.45) is 2.68. The van der Waals surface area contributed by atoms with Gasteiger partial charge in [-0.2, -0.15) is 0 Å². The number of hydrogen-bond acceptors (Lipinski definition) is 5. The van der Waals surface area contributed by atoms with Gasteiger partial charge in [0.15, 0.2) is 0 Å². The van der Waals surface area contributed by atoms with Gasteiger partial charge in [-0.3, -0.25) is 9.59 Å².